The lowest BCUT2D eigenvalue weighted by Crippen LogP contribution is -2.46. The highest BCUT2D eigenvalue weighted by Gasteiger charge is 2.59. The lowest BCUT2D eigenvalue weighted by molar-refractivity contribution is -0.238. The van der Waals surface area contributed by atoms with Crippen LogP contribution in [0.2, 0.25) is 0 Å². The summed E-state index contributed by atoms with van der Waals surface area (Å²) in [5, 5.41) is 0. The normalized spacial score (nSPS) is 15.9. The van der Waals surface area contributed by atoms with E-state index in [0.717, 1.165) is 0 Å². The molecule has 0 N–H and O–H groups in total. The van der Waals surface area contributed by atoms with Crippen LogP contribution in [0.3, 0.4) is 0 Å². The van der Waals surface area contributed by atoms with Gasteiger partial charge in [-0.25, -0.2) is 4.39 Å². The Balaban J connectivity index is 4.69. The van der Waals surface area contributed by atoms with Gasteiger partial charge < -0.3 is 0 Å². The number of ketones is 1. The summed E-state index contributed by atoms with van der Waals surface area (Å²) in [6.45, 7) is 0.193. The molecule has 1 nitrogen and oxygen atoms in total. The van der Waals surface area contributed by atoms with Crippen LogP contribution in [0.15, 0.2) is 0 Å². The van der Waals surface area contributed by atoms with Crippen molar-refractivity contribution in [2.75, 3.05) is 0 Å². The van der Waals surface area contributed by atoms with Gasteiger partial charge in [0, 0.05) is 6.92 Å². The molecule has 0 saturated carbocycles. The lowest BCUT2D eigenvalue weighted by Gasteiger charge is -2.19. The summed E-state index contributed by atoms with van der Waals surface area (Å²) in [6, 6.07) is 0. The molecule has 0 aliphatic rings. The topological polar surface area (TPSA) is 17.1 Å². The number of hydrogen-bond acceptors (Lipinski definition) is 1. The quantitative estimate of drug-likeness (QED) is 0.615. The maximum atomic E-state index is 12.0. The van der Waals surface area contributed by atoms with E-state index in [1.807, 2.05) is 0 Å². The standard InChI is InChI=1S/C5H4F6O/c1-2(12)4(7,8)3(6)5(9,10)11/h3H,1H3. The van der Waals surface area contributed by atoms with Crippen molar-refractivity contribution in [3.63, 3.8) is 0 Å². The first-order chi connectivity index (χ1) is 5.10. The molecular formula is C5H4F6O. The molecule has 0 rings (SSSR count). The van der Waals surface area contributed by atoms with Gasteiger partial charge in [-0.3, -0.25) is 4.79 Å². The van der Waals surface area contributed by atoms with Gasteiger partial charge in [0.1, 0.15) is 0 Å². The average Bonchev–Trinajstić information content (AvgIpc) is 1.83. The predicted octanol–water partition coefficient (Wildman–Crippen LogP) is 2.11. The zero-order chi connectivity index (χ0) is 10.2. The van der Waals surface area contributed by atoms with Crippen LogP contribution in [0.25, 0.3) is 0 Å². The van der Waals surface area contributed by atoms with Crippen molar-refractivity contribution in [2.45, 2.75) is 25.2 Å². The van der Waals surface area contributed by atoms with Crippen LogP contribution < -0.4 is 0 Å². The van der Waals surface area contributed by atoms with Gasteiger partial charge >= 0.3 is 12.1 Å². The number of hydrogen-bond donors (Lipinski definition) is 0. The predicted molar refractivity (Wildman–Crippen MR) is 26.6 cm³/mol. The molecule has 1 atom stereocenters. The fourth-order valence-corrected chi connectivity index (χ4v) is 0.384. The molecular weight excluding hydrogens is 190 g/mol. The van der Waals surface area contributed by atoms with Crippen LogP contribution in [-0.4, -0.2) is 24.1 Å². The second-order valence-electron chi connectivity index (χ2n) is 2.08. The SMILES string of the molecule is CC(=O)C(F)(F)C(F)C(F)(F)F. The number of alkyl halides is 6. The van der Waals surface area contributed by atoms with E-state index in [9.17, 15) is 31.1 Å². The van der Waals surface area contributed by atoms with Gasteiger partial charge in [0.15, 0.2) is 0 Å². The lowest BCUT2D eigenvalue weighted by atomic mass is 10.1. The number of rotatable bonds is 2. The van der Waals surface area contributed by atoms with Crippen molar-refractivity contribution in [3.8, 4) is 0 Å². The second kappa shape index (κ2) is 2.95. The average molecular weight is 194 g/mol. The van der Waals surface area contributed by atoms with Crippen molar-refractivity contribution in [1.29, 1.82) is 0 Å². The molecule has 0 aromatic carbocycles. The van der Waals surface area contributed by atoms with Crippen LogP contribution >= 0.6 is 0 Å². The Morgan fingerprint density at radius 1 is 1.17 bits per heavy atom. The molecule has 72 valence electrons. The van der Waals surface area contributed by atoms with E-state index in [-0.39, 0.29) is 6.92 Å². The molecule has 0 amide bonds. The third-order valence-corrected chi connectivity index (χ3v) is 1.08. The molecule has 7 heteroatoms. The molecule has 0 saturated heterocycles. The van der Waals surface area contributed by atoms with Gasteiger partial charge in [-0.15, -0.1) is 0 Å². The number of halogens is 6. The Hall–Kier alpha value is -0.750. The minimum absolute atomic E-state index is 0.193. The Kier molecular flexibility index (Phi) is 2.76. The van der Waals surface area contributed by atoms with E-state index in [4.69, 9.17) is 0 Å². The molecule has 0 bridgehead atoms. The Labute approximate surface area is 63.4 Å². The summed E-state index contributed by atoms with van der Waals surface area (Å²) < 4.78 is 69.7. The zero-order valence-corrected chi connectivity index (χ0v) is 5.75. The van der Waals surface area contributed by atoms with Crippen LogP contribution in [0, 0.1) is 0 Å². The molecule has 0 aliphatic carbocycles. The highest BCUT2D eigenvalue weighted by atomic mass is 19.4. The first kappa shape index (κ1) is 11.2. The smallest absolute Gasteiger partial charge is 0.293 e. The van der Waals surface area contributed by atoms with Crippen molar-refractivity contribution in [2.24, 2.45) is 0 Å². The first-order valence-electron chi connectivity index (χ1n) is 2.69. The molecule has 1 unspecified atom stereocenters. The molecule has 0 fully saturated rings. The maximum absolute atomic E-state index is 12.0. The van der Waals surface area contributed by atoms with Gasteiger partial charge in [-0.1, -0.05) is 0 Å². The van der Waals surface area contributed by atoms with E-state index in [0.29, 0.717) is 0 Å². The molecule has 0 aliphatic heterocycles. The van der Waals surface area contributed by atoms with Crippen LogP contribution in [0.4, 0.5) is 26.3 Å². The molecule has 0 radical (unpaired) electrons. The fraction of sp³-hybridized carbons (Fsp3) is 0.800. The van der Waals surface area contributed by atoms with E-state index in [1.54, 1.807) is 0 Å². The van der Waals surface area contributed by atoms with Crippen LogP contribution in [0.1, 0.15) is 6.92 Å². The fourth-order valence-electron chi connectivity index (χ4n) is 0.384. The highest BCUT2D eigenvalue weighted by molar-refractivity contribution is 5.83. The van der Waals surface area contributed by atoms with E-state index in [2.05, 4.69) is 0 Å². The van der Waals surface area contributed by atoms with Crippen LogP contribution in [0.5, 0.6) is 0 Å². The monoisotopic (exact) mass is 194 g/mol. The Bertz CT molecular complexity index is 183. The summed E-state index contributed by atoms with van der Waals surface area (Å²) in [5.41, 5.74) is 0. The number of carbonyl (C=O) groups is 1. The van der Waals surface area contributed by atoms with E-state index < -0.39 is 24.1 Å². The minimum atomic E-state index is -5.71. The van der Waals surface area contributed by atoms with Crippen molar-refractivity contribution in [3.05, 3.63) is 0 Å². The van der Waals surface area contributed by atoms with Gasteiger partial charge in [-0.05, 0) is 0 Å². The first-order valence-corrected chi connectivity index (χ1v) is 2.69. The van der Waals surface area contributed by atoms with Crippen molar-refractivity contribution >= 4 is 5.78 Å². The third-order valence-electron chi connectivity index (χ3n) is 1.08. The van der Waals surface area contributed by atoms with Gasteiger partial charge in [-0.2, -0.15) is 22.0 Å². The molecule has 0 aromatic heterocycles. The van der Waals surface area contributed by atoms with Gasteiger partial charge in [0.05, 0.1) is 0 Å². The van der Waals surface area contributed by atoms with Crippen molar-refractivity contribution in [1.82, 2.24) is 0 Å². The number of Topliss-reactive ketones (excluding diaryl/α,β-unsaturated/α-hetero) is 1. The largest absolute Gasteiger partial charge is 0.426 e. The van der Waals surface area contributed by atoms with Crippen molar-refractivity contribution < 1.29 is 31.1 Å². The molecule has 0 heterocycles. The van der Waals surface area contributed by atoms with Gasteiger partial charge in [0.2, 0.25) is 5.78 Å². The summed E-state index contributed by atoms with van der Waals surface area (Å²) >= 11 is 0. The Morgan fingerprint density at radius 3 is 1.58 bits per heavy atom. The zero-order valence-electron chi connectivity index (χ0n) is 5.75. The molecule has 12 heavy (non-hydrogen) atoms. The van der Waals surface area contributed by atoms with E-state index in [1.165, 1.54) is 0 Å². The number of carbonyl (C=O) groups excluding carboxylic acids is 1. The second-order valence-corrected chi connectivity index (χ2v) is 2.08. The summed E-state index contributed by atoms with van der Waals surface area (Å²) in [5.74, 6) is -7.13. The highest BCUT2D eigenvalue weighted by Crippen LogP contribution is 2.35. The van der Waals surface area contributed by atoms with Crippen LogP contribution in [-0.2, 0) is 4.79 Å². The summed E-state index contributed by atoms with van der Waals surface area (Å²) in [4.78, 5) is 9.86. The van der Waals surface area contributed by atoms with E-state index >= 15 is 0 Å². The third kappa shape index (κ3) is 2.12. The summed E-state index contributed by atoms with van der Waals surface area (Å²) in [7, 11) is 0. The Morgan fingerprint density at radius 2 is 1.50 bits per heavy atom. The maximum Gasteiger partial charge on any atom is 0.426 e. The van der Waals surface area contributed by atoms with Gasteiger partial charge in [0.25, 0.3) is 6.17 Å². The molecule has 0 spiro atoms. The minimum Gasteiger partial charge on any atom is -0.293 e. The molecule has 0 aromatic rings. The summed E-state index contributed by atoms with van der Waals surface area (Å²) in [6.07, 6.45) is -10.1.